The molecule has 6 nitrogen and oxygen atoms in total. The first-order chi connectivity index (χ1) is 13.6. The van der Waals surface area contributed by atoms with Gasteiger partial charge >= 0.3 is 0 Å². The van der Waals surface area contributed by atoms with E-state index in [9.17, 15) is 4.79 Å². The number of methoxy groups -OCH3 is 1. The lowest BCUT2D eigenvalue weighted by Crippen LogP contribution is -2.17. The molecule has 0 aliphatic carbocycles. The highest BCUT2D eigenvalue weighted by molar-refractivity contribution is 6.00. The number of fused-ring (bicyclic) bond motifs is 1. The van der Waals surface area contributed by atoms with Crippen LogP contribution in [0.15, 0.2) is 53.8 Å². The van der Waals surface area contributed by atoms with Gasteiger partial charge in [0.05, 0.1) is 19.9 Å². The van der Waals surface area contributed by atoms with Crippen LogP contribution in [0, 0.1) is 5.92 Å². The topological polar surface area (TPSA) is 75.7 Å². The van der Waals surface area contributed by atoms with Gasteiger partial charge in [-0.2, -0.15) is 5.10 Å². The fraction of sp³-hybridized carbons (Fsp3) is 0.273. The van der Waals surface area contributed by atoms with Gasteiger partial charge in [0.2, 0.25) is 0 Å². The van der Waals surface area contributed by atoms with E-state index in [-0.39, 0.29) is 5.91 Å². The van der Waals surface area contributed by atoms with Crippen molar-refractivity contribution in [3.63, 3.8) is 0 Å². The average Bonchev–Trinajstić information content (AvgIpc) is 3.11. The average molecular weight is 379 g/mol. The second-order valence-corrected chi connectivity index (χ2v) is 6.89. The summed E-state index contributed by atoms with van der Waals surface area (Å²) < 4.78 is 11.1. The second kappa shape index (κ2) is 9.08. The number of para-hydroxylation sites is 1. The molecule has 0 unspecified atom stereocenters. The summed E-state index contributed by atoms with van der Waals surface area (Å²) in [5, 5.41) is 5.12. The Morgan fingerprint density at radius 3 is 2.82 bits per heavy atom. The number of carbonyl (C=O) groups excluding carboxylic acids is 1. The number of carbonyl (C=O) groups is 1. The van der Waals surface area contributed by atoms with E-state index in [0.717, 1.165) is 22.9 Å². The maximum absolute atomic E-state index is 12.4. The van der Waals surface area contributed by atoms with Crippen molar-refractivity contribution in [2.45, 2.75) is 20.3 Å². The molecule has 0 aliphatic rings. The van der Waals surface area contributed by atoms with Crippen LogP contribution >= 0.6 is 0 Å². The van der Waals surface area contributed by atoms with Crippen molar-refractivity contribution >= 4 is 23.0 Å². The Labute approximate surface area is 164 Å². The standard InChI is InChI=1S/C22H25N3O3/c1-15(2)10-11-28-20-9-8-16(12-21(20)27-3)22(26)25-24-14-17-13-23-19-7-5-4-6-18(17)19/h4-9,12-15,23H,10-11H2,1-3H3,(H,25,26)/b24-14+. The highest BCUT2D eigenvalue weighted by Crippen LogP contribution is 2.28. The van der Waals surface area contributed by atoms with Crippen molar-refractivity contribution in [3.8, 4) is 11.5 Å². The van der Waals surface area contributed by atoms with Gasteiger partial charge in [-0.1, -0.05) is 32.0 Å². The van der Waals surface area contributed by atoms with Gasteiger partial charge in [-0.15, -0.1) is 0 Å². The molecule has 0 spiro atoms. The Balaban J connectivity index is 1.65. The quantitative estimate of drug-likeness (QED) is 0.451. The lowest BCUT2D eigenvalue weighted by molar-refractivity contribution is 0.0954. The van der Waals surface area contributed by atoms with E-state index in [1.165, 1.54) is 0 Å². The first kappa shape index (κ1) is 19.5. The number of benzene rings is 2. The Morgan fingerprint density at radius 1 is 1.21 bits per heavy atom. The zero-order valence-corrected chi connectivity index (χ0v) is 16.4. The van der Waals surface area contributed by atoms with Gasteiger partial charge < -0.3 is 14.5 Å². The van der Waals surface area contributed by atoms with E-state index in [2.05, 4.69) is 29.4 Å². The zero-order valence-electron chi connectivity index (χ0n) is 16.4. The molecule has 2 N–H and O–H groups in total. The van der Waals surface area contributed by atoms with Gasteiger partial charge in [0.25, 0.3) is 5.91 Å². The molecule has 0 saturated carbocycles. The number of aromatic amines is 1. The molecule has 1 amide bonds. The highest BCUT2D eigenvalue weighted by atomic mass is 16.5. The summed E-state index contributed by atoms with van der Waals surface area (Å²) in [6.07, 6.45) is 4.43. The molecular weight excluding hydrogens is 354 g/mol. The minimum absolute atomic E-state index is 0.317. The minimum Gasteiger partial charge on any atom is -0.493 e. The number of nitrogens with zero attached hydrogens (tertiary/aromatic N) is 1. The molecule has 0 aliphatic heterocycles. The SMILES string of the molecule is COc1cc(C(=O)N/N=C/c2c[nH]c3ccccc23)ccc1OCCC(C)C. The van der Waals surface area contributed by atoms with Gasteiger partial charge in [0.1, 0.15) is 0 Å². The van der Waals surface area contributed by atoms with Crippen molar-refractivity contribution < 1.29 is 14.3 Å². The van der Waals surface area contributed by atoms with Crippen molar-refractivity contribution in [1.82, 2.24) is 10.4 Å². The van der Waals surface area contributed by atoms with Crippen LogP contribution in [0.2, 0.25) is 0 Å². The predicted molar refractivity (Wildman–Crippen MR) is 111 cm³/mol. The molecule has 28 heavy (non-hydrogen) atoms. The van der Waals surface area contributed by atoms with E-state index >= 15 is 0 Å². The van der Waals surface area contributed by atoms with Crippen LogP contribution in [0.1, 0.15) is 36.2 Å². The maximum Gasteiger partial charge on any atom is 0.271 e. The zero-order chi connectivity index (χ0) is 19.9. The van der Waals surface area contributed by atoms with Crippen LogP contribution < -0.4 is 14.9 Å². The summed E-state index contributed by atoms with van der Waals surface area (Å²) in [4.78, 5) is 15.6. The van der Waals surface area contributed by atoms with E-state index in [1.54, 1.807) is 31.5 Å². The van der Waals surface area contributed by atoms with Gasteiger partial charge in [-0.3, -0.25) is 4.79 Å². The molecule has 0 atom stereocenters. The van der Waals surface area contributed by atoms with E-state index in [0.29, 0.717) is 29.6 Å². The van der Waals surface area contributed by atoms with Crippen molar-refractivity contribution in [2.75, 3.05) is 13.7 Å². The third kappa shape index (κ3) is 4.71. The summed E-state index contributed by atoms with van der Waals surface area (Å²) in [5.74, 6) is 1.40. The first-order valence-corrected chi connectivity index (χ1v) is 9.29. The third-order valence-electron chi connectivity index (χ3n) is 4.37. The highest BCUT2D eigenvalue weighted by Gasteiger charge is 2.11. The Hall–Kier alpha value is -3.28. The van der Waals surface area contributed by atoms with Crippen molar-refractivity contribution in [2.24, 2.45) is 11.0 Å². The molecular formula is C22H25N3O3. The van der Waals surface area contributed by atoms with E-state index in [1.807, 2.05) is 30.5 Å². The van der Waals surface area contributed by atoms with Crippen molar-refractivity contribution in [3.05, 3.63) is 59.8 Å². The lowest BCUT2D eigenvalue weighted by Gasteiger charge is -2.12. The second-order valence-electron chi connectivity index (χ2n) is 6.89. The monoisotopic (exact) mass is 379 g/mol. The van der Waals surface area contributed by atoms with Gasteiger partial charge in [0, 0.05) is 28.2 Å². The predicted octanol–water partition coefficient (Wildman–Crippen LogP) is 4.37. The number of hydrazone groups is 1. The number of amides is 1. The van der Waals surface area contributed by atoms with Gasteiger partial charge in [0.15, 0.2) is 11.5 Å². The molecule has 0 bridgehead atoms. The normalized spacial score (nSPS) is 11.3. The molecule has 1 aromatic heterocycles. The summed E-state index contributed by atoms with van der Waals surface area (Å²) in [5.41, 5.74) is 4.93. The largest absolute Gasteiger partial charge is 0.493 e. The molecule has 146 valence electrons. The molecule has 1 heterocycles. The first-order valence-electron chi connectivity index (χ1n) is 9.29. The van der Waals surface area contributed by atoms with Gasteiger partial charge in [-0.05, 0) is 36.6 Å². The van der Waals surface area contributed by atoms with Crippen LogP contribution in [0.5, 0.6) is 11.5 Å². The summed E-state index contributed by atoms with van der Waals surface area (Å²) >= 11 is 0. The molecule has 6 heteroatoms. The number of aromatic nitrogens is 1. The van der Waals surface area contributed by atoms with Crippen LogP contribution in [0.25, 0.3) is 10.9 Å². The number of hydrogen-bond donors (Lipinski definition) is 2. The minimum atomic E-state index is -0.317. The van der Waals surface area contributed by atoms with Crippen LogP contribution in [0.4, 0.5) is 0 Å². The van der Waals surface area contributed by atoms with Crippen LogP contribution in [-0.2, 0) is 0 Å². The number of rotatable bonds is 8. The Bertz CT molecular complexity index is 976. The number of H-pyrrole nitrogens is 1. The maximum atomic E-state index is 12.4. The summed E-state index contributed by atoms with van der Waals surface area (Å²) in [6.45, 7) is 4.89. The number of ether oxygens (including phenoxy) is 2. The lowest BCUT2D eigenvalue weighted by atomic mass is 10.1. The molecule has 3 aromatic rings. The Kier molecular flexibility index (Phi) is 6.32. The summed E-state index contributed by atoms with van der Waals surface area (Å²) in [7, 11) is 1.56. The number of nitrogens with one attached hydrogen (secondary N) is 2. The molecule has 0 radical (unpaired) electrons. The number of hydrogen-bond acceptors (Lipinski definition) is 4. The van der Waals surface area contributed by atoms with Crippen LogP contribution in [-0.4, -0.2) is 30.8 Å². The molecule has 0 fully saturated rings. The molecule has 2 aromatic carbocycles. The summed E-state index contributed by atoms with van der Waals surface area (Å²) in [6, 6.07) is 13.0. The van der Waals surface area contributed by atoms with E-state index < -0.39 is 0 Å². The Morgan fingerprint density at radius 2 is 2.04 bits per heavy atom. The fourth-order valence-corrected chi connectivity index (χ4v) is 2.76. The molecule has 3 rings (SSSR count). The van der Waals surface area contributed by atoms with Gasteiger partial charge in [-0.25, -0.2) is 5.43 Å². The van der Waals surface area contributed by atoms with Crippen molar-refractivity contribution in [1.29, 1.82) is 0 Å². The van der Waals surface area contributed by atoms with Crippen LogP contribution in [0.3, 0.4) is 0 Å². The van der Waals surface area contributed by atoms with E-state index in [4.69, 9.17) is 9.47 Å². The smallest absolute Gasteiger partial charge is 0.271 e. The third-order valence-corrected chi connectivity index (χ3v) is 4.37. The fourth-order valence-electron chi connectivity index (χ4n) is 2.76. The molecule has 0 saturated heterocycles.